The maximum atomic E-state index is 11.9. The van der Waals surface area contributed by atoms with Crippen molar-refractivity contribution in [1.29, 1.82) is 0 Å². The number of nitrogens with zero attached hydrogens (tertiary/aromatic N) is 1. The number of halogens is 1. The third-order valence-electron chi connectivity index (χ3n) is 3.21. The molecular weight excluding hydrogens is 290 g/mol. The Kier molecular flexibility index (Phi) is 7.67. The molecule has 1 amide bonds. The van der Waals surface area contributed by atoms with Gasteiger partial charge in [-0.3, -0.25) is 9.69 Å². The summed E-state index contributed by atoms with van der Waals surface area (Å²) < 4.78 is 4.90. The Morgan fingerprint density at radius 2 is 2.05 bits per heavy atom. The summed E-state index contributed by atoms with van der Waals surface area (Å²) in [6.07, 6.45) is 0. The summed E-state index contributed by atoms with van der Waals surface area (Å²) in [6.45, 7) is 3.22. The summed E-state index contributed by atoms with van der Waals surface area (Å²) in [5.74, 6) is -0.0471. The van der Waals surface area contributed by atoms with Crippen LogP contribution < -0.4 is 11.1 Å². The number of carbonyl (C=O) groups is 1. The van der Waals surface area contributed by atoms with Crippen LogP contribution in [0.1, 0.15) is 18.5 Å². The number of rotatable bonds is 8. The molecule has 0 heterocycles. The number of ether oxygens (including phenoxy) is 1. The fraction of sp³-hybridized carbons (Fsp3) is 0.533. The van der Waals surface area contributed by atoms with Gasteiger partial charge >= 0.3 is 0 Å². The second kappa shape index (κ2) is 9.00. The van der Waals surface area contributed by atoms with E-state index in [9.17, 15) is 4.79 Å². The van der Waals surface area contributed by atoms with Gasteiger partial charge in [-0.2, -0.15) is 0 Å². The normalized spacial score (nSPS) is 14.0. The van der Waals surface area contributed by atoms with E-state index in [4.69, 9.17) is 22.1 Å². The van der Waals surface area contributed by atoms with Crippen molar-refractivity contribution in [2.45, 2.75) is 19.0 Å². The number of nitrogens with one attached hydrogen (secondary N) is 1. The van der Waals surface area contributed by atoms with Crippen molar-refractivity contribution in [2.24, 2.45) is 5.73 Å². The second-order valence-corrected chi connectivity index (χ2v) is 5.55. The smallest absolute Gasteiger partial charge is 0.234 e. The zero-order valence-electron chi connectivity index (χ0n) is 12.8. The highest BCUT2D eigenvalue weighted by molar-refractivity contribution is 6.30. The molecule has 0 aliphatic rings. The van der Waals surface area contributed by atoms with E-state index in [1.54, 1.807) is 7.11 Å². The molecule has 3 N–H and O–H groups in total. The van der Waals surface area contributed by atoms with Gasteiger partial charge in [0.15, 0.2) is 0 Å². The molecule has 6 heteroatoms. The molecule has 0 fully saturated rings. The fourth-order valence-electron chi connectivity index (χ4n) is 2.29. The van der Waals surface area contributed by atoms with E-state index in [-0.39, 0.29) is 24.5 Å². The number of hydrogen-bond donors (Lipinski definition) is 2. The minimum Gasteiger partial charge on any atom is -0.383 e. The predicted octanol–water partition coefficient (Wildman–Crippen LogP) is 1.42. The summed E-state index contributed by atoms with van der Waals surface area (Å²) >= 11 is 5.91. The van der Waals surface area contributed by atoms with E-state index in [0.29, 0.717) is 18.2 Å². The number of nitrogens with two attached hydrogens (primary N) is 1. The van der Waals surface area contributed by atoms with E-state index in [2.05, 4.69) is 5.32 Å². The van der Waals surface area contributed by atoms with Gasteiger partial charge in [-0.15, -0.1) is 0 Å². The number of likely N-dealkylation sites (N-methyl/N-ethyl adjacent to an activating group) is 1. The maximum Gasteiger partial charge on any atom is 0.234 e. The van der Waals surface area contributed by atoms with Crippen molar-refractivity contribution in [1.82, 2.24) is 10.2 Å². The molecule has 0 spiro atoms. The van der Waals surface area contributed by atoms with Crippen molar-refractivity contribution in [3.63, 3.8) is 0 Å². The van der Waals surface area contributed by atoms with E-state index >= 15 is 0 Å². The Bertz CT molecular complexity index is 437. The third-order valence-corrected chi connectivity index (χ3v) is 3.46. The summed E-state index contributed by atoms with van der Waals surface area (Å²) in [7, 11) is 3.49. The maximum absolute atomic E-state index is 11.9. The lowest BCUT2D eigenvalue weighted by atomic mass is 9.99. The number of hydrogen-bond acceptors (Lipinski definition) is 4. The van der Waals surface area contributed by atoms with Crippen molar-refractivity contribution in [3.05, 3.63) is 34.9 Å². The highest BCUT2D eigenvalue weighted by atomic mass is 35.5. The number of benzene rings is 1. The van der Waals surface area contributed by atoms with Crippen molar-refractivity contribution in [2.75, 3.05) is 33.9 Å². The molecule has 2 atom stereocenters. The molecule has 1 rings (SSSR count). The van der Waals surface area contributed by atoms with Gasteiger partial charge in [0.1, 0.15) is 0 Å². The van der Waals surface area contributed by atoms with E-state index in [1.807, 2.05) is 43.1 Å². The molecular formula is C15H24ClN3O2. The zero-order chi connectivity index (χ0) is 15.8. The van der Waals surface area contributed by atoms with Crippen LogP contribution in [0.3, 0.4) is 0 Å². The summed E-state index contributed by atoms with van der Waals surface area (Å²) in [5.41, 5.74) is 7.12. The standard InChI is InChI=1S/C15H24ClN3O2/c1-11(17)15(12-4-6-13(16)7-5-12)19(2)10-14(20)18-8-9-21-3/h4-7,11,15H,8-10,17H2,1-3H3,(H,18,20). The molecule has 118 valence electrons. The van der Waals surface area contributed by atoms with E-state index in [1.165, 1.54) is 0 Å². The predicted molar refractivity (Wildman–Crippen MR) is 85.4 cm³/mol. The number of methoxy groups -OCH3 is 1. The Balaban J connectivity index is 2.67. The van der Waals surface area contributed by atoms with Crippen LogP contribution in [0, 0.1) is 0 Å². The lowest BCUT2D eigenvalue weighted by Gasteiger charge is -2.31. The SMILES string of the molecule is COCCNC(=O)CN(C)C(c1ccc(Cl)cc1)C(C)N. The first-order valence-corrected chi connectivity index (χ1v) is 7.30. The highest BCUT2D eigenvalue weighted by Crippen LogP contribution is 2.23. The molecule has 0 saturated carbocycles. The monoisotopic (exact) mass is 313 g/mol. The molecule has 2 unspecified atom stereocenters. The first-order chi connectivity index (χ1) is 9.95. The highest BCUT2D eigenvalue weighted by Gasteiger charge is 2.22. The molecule has 1 aromatic rings. The minimum absolute atomic E-state index is 0.0459. The van der Waals surface area contributed by atoms with Crippen molar-refractivity contribution >= 4 is 17.5 Å². The topological polar surface area (TPSA) is 67.6 Å². The molecule has 0 aliphatic carbocycles. The Morgan fingerprint density at radius 1 is 1.43 bits per heavy atom. The molecule has 5 nitrogen and oxygen atoms in total. The molecule has 0 radical (unpaired) electrons. The first-order valence-electron chi connectivity index (χ1n) is 6.92. The molecule has 1 aromatic carbocycles. The Hall–Kier alpha value is -1.14. The Morgan fingerprint density at radius 3 is 2.57 bits per heavy atom. The van der Waals surface area contributed by atoms with Crippen molar-refractivity contribution in [3.8, 4) is 0 Å². The van der Waals surface area contributed by atoms with E-state index in [0.717, 1.165) is 5.56 Å². The van der Waals surface area contributed by atoms with Gasteiger partial charge in [-0.05, 0) is 31.7 Å². The fourth-order valence-corrected chi connectivity index (χ4v) is 2.42. The van der Waals surface area contributed by atoms with Crippen LogP contribution in [0.2, 0.25) is 5.02 Å². The third kappa shape index (κ3) is 6.01. The number of amides is 1. The van der Waals surface area contributed by atoms with Gasteiger partial charge in [0.2, 0.25) is 5.91 Å². The van der Waals surface area contributed by atoms with Crippen LogP contribution in [-0.4, -0.2) is 50.7 Å². The summed E-state index contributed by atoms with van der Waals surface area (Å²) in [5, 5.41) is 3.48. The number of carbonyl (C=O) groups excluding carboxylic acids is 1. The molecule has 0 bridgehead atoms. The molecule has 0 saturated heterocycles. The van der Waals surface area contributed by atoms with Crippen LogP contribution in [0.5, 0.6) is 0 Å². The van der Waals surface area contributed by atoms with Crippen LogP contribution in [0.15, 0.2) is 24.3 Å². The van der Waals surface area contributed by atoms with Crippen LogP contribution in [0.25, 0.3) is 0 Å². The molecule has 0 aliphatic heterocycles. The quantitative estimate of drug-likeness (QED) is 0.712. The van der Waals surface area contributed by atoms with Gasteiger partial charge in [0.25, 0.3) is 0 Å². The second-order valence-electron chi connectivity index (χ2n) is 5.11. The zero-order valence-corrected chi connectivity index (χ0v) is 13.6. The average Bonchev–Trinajstić information content (AvgIpc) is 2.41. The summed E-state index contributed by atoms with van der Waals surface area (Å²) in [6, 6.07) is 7.39. The van der Waals surface area contributed by atoms with Gasteiger partial charge in [0.05, 0.1) is 13.2 Å². The first kappa shape index (κ1) is 17.9. The van der Waals surface area contributed by atoms with Crippen molar-refractivity contribution < 1.29 is 9.53 Å². The lowest BCUT2D eigenvalue weighted by Crippen LogP contribution is -2.43. The molecule has 0 aromatic heterocycles. The van der Waals surface area contributed by atoms with Crippen LogP contribution in [-0.2, 0) is 9.53 Å². The summed E-state index contributed by atoms with van der Waals surface area (Å²) in [4.78, 5) is 13.8. The van der Waals surface area contributed by atoms with Gasteiger partial charge < -0.3 is 15.8 Å². The Labute approximate surface area is 131 Å². The van der Waals surface area contributed by atoms with E-state index < -0.39 is 0 Å². The van der Waals surface area contributed by atoms with Gasteiger partial charge in [-0.1, -0.05) is 23.7 Å². The molecule has 21 heavy (non-hydrogen) atoms. The largest absolute Gasteiger partial charge is 0.383 e. The van der Waals surface area contributed by atoms with Gasteiger partial charge in [0, 0.05) is 30.8 Å². The van der Waals surface area contributed by atoms with Crippen LogP contribution in [0.4, 0.5) is 0 Å². The van der Waals surface area contributed by atoms with Crippen LogP contribution >= 0.6 is 11.6 Å². The minimum atomic E-state index is -0.108. The average molecular weight is 314 g/mol. The lowest BCUT2D eigenvalue weighted by molar-refractivity contribution is -0.122. The van der Waals surface area contributed by atoms with Gasteiger partial charge in [-0.25, -0.2) is 0 Å².